The molecule has 2 nitrogen and oxygen atoms in total. The van der Waals surface area contributed by atoms with E-state index in [2.05, 4.69) is 55.1 Å². The fourth-order valence-electron chi connectivity index (χ4n) is 2.46. The van der Waals surface area contributed by atoms with E-state index in [0.29, 0.717) is 6.04 Å². The summed E-state index contributed by atoms with van der Waals surface area (Å²) in [5.74, 6) is 0. The molecule has 1 N–H and O–H groups in total. The minimum absolute atomic E-state index is 0.515. The van der Waals surface area contributed by atoms with E-state index in [4.69, 9.17) is 0 Å². The van der Waals surface area contributed by atoms with Crippen molar-refractivity contribution in [3.63, 3.8) is 0 Å². The summed E-state index contributed by atoms with van der Waals surface area (Å²) in [6.45, 7) is 7.66. The van der Waals surface area contributed by atoms with E-state index in [-0.39, 0.29) is 0 Å². The van der Waals surface area contributed by atoms with Crippen LogP contribution in [0.15, 0.2) is 24.4 Å². The third kappa shape index (κ3) is 2.22. The second kappa shape index (κ2) is 4.92. The summed E-state index contributed by atoms with van der Waals surface area (Å²) in [7, 11) is 2.02. The first kappa shape index (κ1) is 12.2. The maximum atomic E-state index is 3.31. The molecule has 0 aliphatic rings. The fraction of sp³-hybridized carbons (Fsp3) is 0.467. The topological polar surface area (TPSA) is 17.0 Å². The van der Waals surface area contributed by atoms with Crippen molar-refractivity contribution in [3.05, 3.63) is 35.5 Å². The number of hydrogen-bond acceptors (Lipinski definition) is 1. The molecule has 0 amide bonds. The van der Waals surface area contributed by atoms with Gasteiger partial charge < -0.3 is 9.88 Å². The second-order valence-electron chi connectivity index (χ2n) is 4.81. The minimum atomic E-state index is 0.515. The van der Waals surface area contributed by atoms with Crippen molar-refractivity contribution in [2.24, 2.45) is 0 Å². The number of hydrogen-bond donors (Lipinski definition) is 1. The van der Waals surface area contributed by atoms with Gasteiger partial charge in [-0.2, -0.15) is 0 Å². The van der Waals surface area contributed by atoms with Crippen molar-refractivity contribution in [2.45, 2.75) is 39.8 Å². The number of rotatable bonds is 4. The maximum absolute atomic E-state index is 3.31. The van der Waals surface area contributed by atoms with Gasteiger partial charge in [-0.15, -0.1) is 0 Å². The predicted molar refractivity (Wildman–Crippen MR) is 74.6 cm³/mol. The van der Waals surface area contributed by atoms with Gasteiger partial charge in [0.1, 0.15) is 0 Å². The first-order chi connectivity index (χ1) is 8.17. The summed E-state index contributed by atoms with van der Waals surface area (Å²) in [5, 5.41) is 4.71. The van der Waals surface area contributed by atoms with E-state index in [1.54, 1.807) is 0 Å². The zero-order valence-electron chi connectivity index (χ0n) is 11.2. The van der Waals surface area contributed by atoms with Crippen molar-refractivity contribution >= 4 is 10.9 Å². The van der Waals surface area contributed by atoms with Crippen LogP contribution in [0.25, 0.3) is 10.9 Å². The van der Waals surface area contributed by atoms with Crippen LogP contribution in [0.5, 0.6) is 0 Å². The molecule has 2 aromatic rings. The lowest BCUT2D eigenvalue weighted by molar-refractivity contribution is 0.608. The van der Waals surface area contributed by atoms with Gasteiger partial charge in [0.05, 0.1) is 5.52 Å². The lowest BCUT2D eigenvalue weighted by Gasteiger charge is -2.13. The lowest BCUT2D eigenvalue weighted by atomic mass is 10.0. The van der Waals surface area contributed by atoms with E-state index in [9.17, 15) is 0 Å². The Bertz CT molecular complexity index is 511. The average Bonchev–Trinajstić information content (AvgIpc) is 2.67. The number of para-hydroxylation sites is 1. The number of aryl methyl sites for hydroxylation is 2. The second-order valence-corrected chi connectivity index (χ2v) is 4.81. The monoisotopic (exact) mass is 230 g/mol. The average molecular weight is 230 g/mol. The molecule has 2 rings (SSSR count). The number of benzene rings is 1. The van der Waals surface area contributed by atoms with Crippen LogP contribution >= 0.6 is 0 Å². The van der Waals surface area contributed by atoms with Gasteiger partial charge in [-0.3, -0.25) is 0 Å². The van der Waals surface area contributed by atoms with Crippen molar-refractivity contribution in [1.82, 2.24) is 9.88 Å². The molecule has 1 heterocycles. The van der Waals surface area contributed by atoms with Crippen LogP contribution in [-0.2, 0) is 13.0 Å². The van der Waals surface area contributed by atoms with Crippen molar-refractivity contribution in [1.29, 1.82) is 0 Å². The van der Waals surface area contributed by atoms with E-state index in [1.165, 1.54) is 22.0 Å². The quantitative estimate of drug-likeness (QED) is 0.854. The van der Waals surface area contributed by atoms with Gasteiger partial charge in [0, 0.05) is 24.2 Å². The Labute approximate surface area is 104 Å². The summed E-state index contributed by atoms with van der Waals surface area (Å²) in [6.07, 6.45) is 3.34. The third-order valence-corrected chi connectivity index (χ3v) is 3.54. The Kier molecular flexibility index (Phi) is 3.53. The van der Waals surface area contributed by atoms with Gasteiger partial charge in [0.2, 0.25) is 0 Å². The molecule has 1 aromatic carbocycles. The van der Waals surface area contributed by atoms with Crippen molar-refractivity contribution in [2.75, 3.05) is 7.05 Å². The van der Waals surface area contributed by atoms with Gasteiger partial charge in [-0.05, 0) is 45.4 Å². The fourth-order valence-corrected chi connectivity index (χ4v) is 2.46. The Hall–Kier alpha value is -1.28. The van der Waals surface area contributed by atoms with Crippen LogP contribution in [0, 0.1) is 6.92 Å². The van der Waals surface area contributed by atoms with Gasteiger partial charge in [0.15, 0.2) is 0 Å². The largest absolute Gasteiger partial charge is 0.347 e. The molecule has 0 bridgehead atoms. The molecule has 0 aliphatic carbocycles. The van der Waals surface area contributed by atoms with E-state index < -0.39 is 0 Å². The highest BCUT2D eigenvalue weighted by Gasteiger charge is 2.10. The maximum Gasteiger partial charge on any atom is 0.0516 e. The number of aromatic nitrogens is 1. The molecule has 0 fully saturated rings. The number of likely N-dealkylation sites (N-methyl/N-ethyl adjacent to an activating group) is 1. The highest BCUT2D eigenvalue weighted by atomic mass is 15.0. The van der Waals surface area contributed by atoms with Crippen LogP contribution in [0.1, 0.15) is 25.0 Å². The van der Waals surface area contributed by atoms with Crippen LogP contribution in [0.4, 0.5) is 0 Å². The van der Waals surface area contributed by atoms with Crippen molar-refractivity contribution in [3.8, 4) is 0 Å². The zero-order chi connectivity index (χ0) is 12.4. The molecule has 0 saturated heterocycles. The molecule has 1 aromatic heterocycles. The van der Waals surface area contributed by atoms with Gasteiger partial charge in [0.25, 0.3) is 0 Å². The summed E-state index contributed by atoms with van der Waals surface area (Å²) in [5.41, 5.74) is 4.23. The molecule has 0 radical (unpaired) electrons. The van der Waals surface area contributed by atoms with Crippen LogP contribution in [0.2, 0.25) is 0 Å². The van der Waals surface area contributed by atoms with Gasteiger partial charge >= 0.3 is 0 Å². The summed E-state index contributed by atoms with van der Waals surface area (Å²) in [6, 6.07) is 7.17. The van der Waals surface area contributed by atoms with E-state index in [0.717, 1.165) is 13.0 Å². The number of nitrogens with zero attached hydrogens (tertiary/aromatic N) is 1. The molecule has 0 saturated carbocycles. The van der Waals surface area contributed by atoms with Gasteiger partial charge in [-0.1, -0.05) is 18.2 Å². The molecule has 1 atom stereocenters. The SMILES string of the molecule is CCn1cc(C)c2cccc(CC(C)NC)c21. The summed E-state index contributed by atoms with van der Waals surface area (Å²) >= 11 is 0. The number of nitrogens with one attached hydrogen (secondary N) is 1. The summed E-state index contributed by atoms with van der Waals surface area (Å²) in [4.78, 5) is 0. The van der Waals surface area contributed by atoms with Crippen LogP contribution < -0.4 is 5.32 Å². The molecule has 2 heteroatoms. The molecule has 1 unspecified atom stereocenters. The molecule has 0 aliphatic heterocycles. The van der Waals surface area contributed by atoms with E-state index in [1.807, 2.05) is 7.05 Å². The molecule has 17 heavy (non-hydrogen) atoms. The zero-order valence-corrected chi connectivity index (χ0v) is 11.2. The summed E-state index contributed by atoms with van der Waals surface area (Å²) < 4.78 is 2.36. The Morgan fingerprint density at radius 3 is 2.76 bits per heavy atom. The van der Waals surface area contributed by atoms with Crippen LogP contribution in [0.3, 0.4) is 0 Å². The molecular formula is C15H22N2. The molecular weight excluding hydrogens is 208 g/mol. The Balaban J connectivity index is 2.55. The molecule has 0 spiro atoms. The third-order valence-electron chi connectivity index (χ3n) is 3.54. The minimum Gasteiger partial charge on any atom is -0.347 e. The highest BCUT2D eigenvalue weighted by molar-refractivity contribution is 5.86. The van der Waals surface area contributed by atoms with Crippen molar-refractivity contribution < 1.29 is 0 Å². The normalized spacial score (nSPS) is 13.2. The molecule has 92 valence electrons. The lowest BCUT2D eigenvalue weighted by Crippen LogP contribution is -2.23. The number of fused-ring (bicyclic) bond motifs is 1. The first-order valence-electron chi connectivity index (χ1n) is 6.42. The first-order valence-corrected chi connectivity index (χ1v) is 6.42. The van der Waals surface area contributed by atoms with Crippen LogP contribution in [-0.4, -0.2) is 17.7 Å². The highest BCUT2D eigenvalue weighted by Crippen LogP contribution is 2.25. The smallest absolute Gasteiger partial charge is 0.0516 e. The predicted octanol–water partition coefficient (Wildman–Crippen LogP) is 3.12. The van der Waals surface area contributed by atoms with Gasteiger partial charge in [-0.25, -0.2) is 0 Å². The van der Waals surface area contributed by atoms with E-state index >= 15 is 0 Å². The standard InChI is InChI=1S/C15H22N2/c1-5-17-10-11(2)14-8-6-7-13(15(14)17)9-12(3)16-4/h6-8,10,12,16H,5,9H2,1-4H3. The Morgan fingerprint density at radius 2 is 2.12 bits per heavy atom. The Morgan fingerprint density at radius 1 is 1.35 bits per heavy atom.